The molecule has 0 unspecified atom stereocenters. The fourth-order valence-electron chi connectivity index (χ4n) is 6.58. The first-order valence-corrected chi connectivity index (χ1v) is 21.2. The molecule has 70 heavy (non-hydrogen) atoms. The van der Waals surface area contributed by atoms with Crippen molar-refractivity contribution < 1.29 is 22.8 Å². The lowest BCUT2D eigenvalue weighted by molar-refractivity contribution is 0.244. The minimum atomic E-state index is -0.0989. The van der Waals surface area contributed by atoms with Crippen molar-refractivity contribution in [3.05, 3.63) is 145 Å². The zero-order valence-electron chi connectivity index (χ0n) is 37.2. The fourth-order valence-corrected chi connectivity index (χ4v) is 6.58. The van der Waals surface area contributed by atoms with Gasteiger partial charge >= 0.3 is 0 Å². The van der Waals surface area contributed by atoms with Crippen LogP contribution in [0.1, 0.15) is 46.1 Å². The lowest BCUT2D eigenvalue weighted by atomic mass is 10.4. The average molecular weight is 944 g/mol. The second-order valence-electron chi connectivity index (χ2n) is 14.6. The monoisotopic (exact) mass is 943 g/mol. The number of rotatable bonds is 13. The predicted molar refractivity (Wildman–Crippen MR) is 251 cm³/mol. The van der Waals surface area contributed by atoms with E-state index in [4.69, 9.17) is 28.0 Å². The van der Waals surface area contributed by atoms with Crippen molar-refractivity contribution in [3.8, 4) is 6.07 Å². The molecule has 9 N–H and O–H groups in total. The third kappa shape index (κ3) is 11.1. The van der Waals surface area contributed by atoms with Gasteiger partial charge in [0.15, 0.2) is 45.9 Å². The van der Waals surface area contributed by atoms with Gasteiger partial charge in [0.2, 0.25) is 5.76 Å². The number of nitrogens with one attached hydrogen (secondary N) is 8. The number of H-pyrrole nitrogens is 4. The van der Waals surface area contributed by atoms with E-state index < -0.39 is 0 Å². The van der Waals surface area contributed by atoms with Gasteiger partial charge in [0, 0.05) is 0 Å². The number of aliphatic hydroxyl groups is 1. The van der Waals surface area contributed by atoms with Gasteiger partial charge in [0.05, 0.1) is 51.5 Å². The van der Waals surface area contributed by atoms with Crippen LogP contribution in [-0.2, 0) is 32.8 Å². The molecule has 12 aromatic heterocycles. The number of aromatic nitrogens is 16. The normalized spacial score (nSPS) is 10.8. The molecule has 0 aliphatic heterocycles. The molecule has 0 aromatic carbocycles. The molecule has 0 radical (unpaired) electrons. The van der Waals surface area contributed by atoms with E-state index in [1.54, 1.807) is 43.5 Å². The van der Waals surface area contributed by atoms with Crippen molar-refractivity contribution in [3.63, 3.8) is 0 Å². The number of hydrogen-bond acceptors (Lipinski definition) is 22. The molecule has 26 heteroatoms. The average Bonchev–Trinajstić information content (AvgIpc) is 4.24. The molecule has 12 aromatic rings. The van der Waals surface area contributed by atoms with Crippen LogP contribution in [0, 0.1) is 25.2 Å². The number of anilines is 4. The van der Waals surface area contributed by atoms with Gasteiger partial charge in [-0.1, -0.05) is 0 Å². The van der Waals surface area contributed by atoms with Gasteiger partial charge in [-0.2, -0.15) is 5.26 Å². The van der Waals surface area contributed by atoms with Crippen LogP contribution in [-0.4, -0.2) is 84.9 Å². The topological polar surface area (TPSA) is 363 Å². The Morgan fingerprint density at radius 1 is 0.429 bits per heavy atom. The van der Waals surface area contributed by atoms with Crippen LogP contribution in [0.2, 0.25) is 0 Å². The SMILES string of the molecule is Cc1ccc(CNc2ncnc3nc[nH]c23)o1.Cc1ccc(CNc2ncnc3nc[nH]c23)o1.N#Cc1ccc(CNc2ncnc3nc[nH]c23)o1.OCc1ccc(CNc2ncnc3nc[nH]c23)o1. The number of aryl methyl sites for hydroxylation is 2. The summed E-state index contributed by atoms with van der Waals surface area (Å²) >= 11 is 0. The Morgan fingerprint density at radius 2 is 0.757 bits per heavy atom. The first kappa shape index (κ1) is 45.1. The molecule has 0 aliphatic rings. The van der Waals surface area contributed by atoms with Crippen molar-refractivity contribution in [2.75, 3.05) is 21.3 Å². The van der Waals surface area contributed by atoms with Crippen molar-refractivity contribution in [2.24, 2.45) is 0 Å². The summed E-state index contributed by atoms with van der Waals surface area (Å²) in [6, 6.07) is 16.6. The summed E-state index contributed by atoms with van der Waals surface area (Å²) in [7, 11) is 0. The number of hydrogen-bond donors (Lipinski definition) is 9. The van der Waals surface area contributed by atoms with Gasteiger partial charge < -0.3 is 64.0 Å². The molecule has 0 amide bonds. The fraction of sp³-hybridized carbons (Fsp3) is 0.159. The molecule has 26 nitrogen and oxygen atoms in total. The first-order chi connectivity index (χ1) is 34.4. The summed E-state index contributed by atoms with van der Waals surface area (Å²) in [5.74, 6) is 8.52. The number of aromatic amines is 4. The Kier molecular flexibility index (Phi) is 13.9. The molecular formula is C44H41N21O5. The van der Waals surface area contributed by atoms with Crippen LogP contribution < -0.4 is 21.3 Å². The molecule has 12 rings (SSSR count). The van der Waals surface area contributed by atoms with Crippen LogP contribution in [0.15, 0.2) is 117 Å². The summed E-state index contributed by atoms with van der Waals surface area (Å²) in [5.41, 5.74) is 5.62. The molecule has 0 fully saturated rings. The third-order valence-electron chi connectivity index (χ3n) is 9.85. The quantitative estimate of drug-likeness (QED) is 0.0620. The van der Waals surface area contributed by atoms with Crippen molar-refractivity contribution in [1.29, 1.82) is 5.26 Å². The first-order valence-electron chi connectivity index (χ1n) is 21.2. The number of nitriles is 1. The number of nitrogens with zero attached hydrogens (tertiary/aromatic N) is 13. The highest BCUT2D eigenvalue weighted by atomic mass is 16.4. The number of fused-ring (bicyclic) bond motifs is 4. The Morgan fingerprint density at radius 3 is 1.07 bits per heavy atom. The van der Waals surface area contributed by atoms with Crippen LogP contribution in [0.25, 0.3) is 44.7 Å². The van der Waals surface area contributed by atoms with Crippen LogP contribution >= 0.6 is 0 Å². The number of aliphatic hydroxyl groups excluding tert-OH is 1. The van der Waals surface area contributed by atoms with Crippen LogP contribution in [0.5, 0.6) is 0 Å². The second-order valence-corrected chi connectivity index (χ2v) is 14.6. The lowest BCUT2D eigenvalue weighted by Crippen LogP contribution is -2.01. The van der Waals surface area contributed by atoms with E-state index in [9.17, 15) is 0 Å². The van der Waals surface area contributed by atoms with Gasteiger partial charge in [0.1, 0.15) is 100 Å². The maximum absolute atomic E-state index is 8.90. The summed E-state index contributed by atoms with van der Waals surface area (Å²) in [6.07, 6.45) is 12.2. The standard InChI is InChI=1S/C11H8N6O.C11H11N5O2.2C11H11N5O/c12-3-7-1-2-8(18-7)4-13-10-9-11(15-5-14-9)17-6-16-10;17-4-8-2-1-7(18-8)3-12-10-9-11(14-5-13-9)16-6-15-10;2*1-7-2-3-8(17-7)4-12-10-9-11(14-5-13-9)16-6-15-10/h1-2,5-6H,4H2,(H2,13,14,15,16,17);1-2,5-6,17H,3-4H2,(H2,12,13,14,15,16);2*2-3,5-6H,4H2,1H3,(H2,12,13,14,15,16). The van der Waals surface area contributed by atoms with E-state index >= 15 is 0 Å². The highest BCUT2D eigenvalue weighted by Crippen LogP contribution is 2.20. The third-order valence-corrected chi connectivity index (χ3v) is 9.85. The van der Waals surface area contributed by atoms with E-state index in [2.05, 4.69) is 101 Å². The highest BCUT2D eigenvalue weighted by Gasteiger charge is 2.10. The Hall–Kier alpha value is -10.0. The molecule has 0 bridgehead atoms. The molecule has 0 saturated heterocycles. The molecule has 352 valence electrons. The van der Waals surface area contributed by atoms with Crippen LogP contribution in [0.4, 0.5) is 23.3 Å². The van der Waals surface area contributed by atoms with Gasteiger partial charge in [-0.05, 0) is 62.4 Å². The smallest absolute Gasteiger partial charge is 0.203 e. The molecule has 0 atom stereocenters. The lowest BCUT2D eigenvalue weighted by Gasteiger charge is -2.03. The van der Waals surface area contributed by atoms with E-state index in [1.165, 1.54) is 25.3 Å². The maximum Gasteiger partial charge on any atom is 0.203 e. The summed E-state index contributed by atoms with van der Waals surface area (Å²) in [6.45, 7) is 5.82. The Balaban J connectivity index is 0.000000116. The molecule has 12 heterocycles. The van der Waals surface area contributed by atoms with E-state index in [-0.39, 0.29) is 6.61 Å². The summed E-state index contributed by atoms with van der Waals surface area (Å²) in [5, 5.41) is 30.2. The van der Waals surface area contributed by atoms with Gasteiger partial charge in [-0.15, -0.1) is 0 Å². The van der Waals surface area contributed by atoms with Gasteiger partial charge in [0.25, 0.3) is 0 Å². The molecule has 0 saturated carbocycles. The largest absolute Gasteiger partial charge is 0.465 e. The van der Waals surface area contributed by atoms with Gasteiger partial charge in [-0.3, -0.25) is 0 Å². The second kappa shape index (κ2) is 21.5. The minimum Gasteiger partial charge on any atom is -0.465 e. The summed E-state index contributed by atoms with van der Waals surface area (Å²) < 4.78 is 21.6. The van der Waals surface area contributed by atoms with Crippen molar-refractivity contribution >= 4 is 67.9 Å². The predicted octanol–water partition coefficient (Wildman–Crippen LogP) is 6.21. The Labute approximate surface area is 394 Å². The highest BCUT2D eigenvalue weighted by molar-refractivity contribution is 5.84. The van der Waals surface area contributed by atoms with Crippen LogP contribution in [0.3, 0.4) is 0 Å². The molecule has 0 spiro atoms. The summed E-state index contributed by atoms with van der Waals surface area (Å²) in [4.78, 5) is 60.9. The van der Waals surface area contributed by atoms with Crippen molar-refractivity contribution in [1.82, 2.24) is 79.7 Å². The van der Waals surface area contributed by atoms with Crippen molar-refractivity contribution in [2.45, 2.75) is 46.6 Å². The minimum absolute atomic E-state index is 0.0989. The number of imidazole rings is 4. The van der Waals surface area contributed by atoms with E-state index in [0.29, 0.717) is 77.7 Å². The Bertz CT molecular complexity index is 3490. The maximum atomic E-state index is 8.90. The van der Waals surface area contributed by atoms with E-state index in [0.717, 1.165) is 62.5 Å². The number of furan rings is 4. The molecular weight excluding hydrogens is 903 g/mol. The van der Waals surface area contributed by atoms with Gasteiger partial charge in [-0.25, -0.2) is 59.8 Å². The molecule has 0 aliphatic carbocycles. The zero-order valence-corrected chi connectivity index (χ0v) is 37.2. The van der Waals surface area contributed by atoms with E-state index in [1.807, 2.05) is 50.2 Å². The zero-order chi connectivity index (χ0) is 48.1.